The second kappa shape index (κ2) is 6.82. The maximum Gasteiger partial charge on any atom is 0.330 e. The average molecular weight is 357 g/mol. The van der Waals surface area contributed by atoms with Crippen molar-refractivity contribution in [3.05, 3.63) is 77.9 Å². The first-order valence-electron chi connectivity index (χ1n) is 7.86. The SMILES string of the molecule is COC(=O)/C=C/[C@@H]1[C@H](c2ccc(C)cc2)N1S(=O)(=O)c1ccccc1. The summed E-state index contributed by atoms with van der Waals surface area (Å²) < 4.78 is 31.9. The van der Waals surface area contributed by atoms with Crippen LogP contribution >= 0.6 is 0 Å². The highest BCUT2D eigenvalue weighted by Gasteiger charge is 2.54. The van der Waals surface area contributed by atoms with Gasteiger partial charge in [-0.3, -0.25) is 0 Å². The summed E-state index contributed by atoms with van der Waals surface area (Å²) in [6.07, 6.45) is 2.85. The summed E-state index contributed by atoms with van der Waals surface area (Å²) in [5, 5.41) is 0. The first-order chi connectivity index (χ1) is 11.9. The molecule has 2 aromatic carbocycles. The number of ether oxygens (including phenoxy) is 1. The van der Waals surface area contributed by atoms with E-state index in [4.69, 9.17) is 0 Å². The molecule has 0 spiro atoms. The van der Waals surface area contributed by atoms with Crippen molar-refractivity contribution in [2.24, 2.45) is 0 Å². The Labute approximate surface area is 147 Å². The molecule has 0 aliphatic carbocycles. The third-order valence-corrected chi connectivity index (χ3v) is 6.06. The van der Waals surface area contributed by atoms with Crippen LogP contribution in [0, 0.1) is 6.92 Å². The van der Waals surface area contributed by atoms with Gasteiger partial charge in [-0.25, -0.2) is 13.2 Å². The molecule has 0 saturated carbocycles. The molecule has 1 aliphatic rings. The molecule has 1 fully saturated rings. The quantitative estimate of drug-likeness (QED) is 0.469. The summed E-state index contributed by atoms with van der Waals surface area (Å²) in [6.45, 7) is 1.98. The van der Waals surface area contributed by atoms with Crippen LogP contribution in [0.1, 0.15) is 17.2 Å². The Morgan fingerprint density at radius 3 is 2.32 bits per heavy atom. The molecule has 0 amide bonds. The fourth-order valence-electron chi connectivity index (χ4n) is 2.80. The van der Waals surface area contributed by atoms with Crippen molar-refractivity contribution in [3.8, 4) is 0 Å². The standard InChI is InChI=1S/C19H19NO4S/c1-14-8-10-15(11-9-14)19-17(12-13-18(21)24-2)20(19)25(22,23)16-6-4-3-5-7-16/h3-13,17,19H,1-2H3/b13-12+/t17-,19+,20?/m1/s1. The maximum atomic E-state index is 12.9. The van der Waals surface area contributed by atoms with Gasteiger partial charge in [-0.05, 0) is 24.6 Å². The number of hydrogen-bond acceptors (Lipinski definition) is 4. The number of aryl methyl sites for hydroxylation is 1. The predicted molar refractivity (Wildman–Crippen MR) is 94.3 cm³/mol. The number of esters is 1. The Balaban J connectivity index is 1.95. The van der Waals surface area contributed by atoms with E-state index in [2.05, 4.69) is 4.74 Å². The highest BCUT2D eigenvalue weighted by atomic mass is 32.2. The van der Waals surface area contributed by atoms with E-state index in [-0.39, 0.29) is 10.9 Å². The van der Waals surface area contributed by atoms with Crippen molar-refractivity contribution in [3.63, 3.8) is 0 Å². The van der Waals surface area contributed by atoms with Crippen LogP contribution < -0.4 is 0 Å². The first kappa shape index (κ1) is 17.4. The van der Waals surface area contributed by atoms with Gasteiger partial charge in [0, 0.05) is 6.08 Å². The maximum absolute atomic E-state index is 12.9. The van der Waals surface area contributed by atoms with E-state index < -0.39 is 22.0 Å². The van der Waals surface area contributed by atoms with Gasteiger partial charge in [0.25, 0.3) is 0 Å². The molecule has 130 valence electrons. The smallest absolute Gasteiger partial charge is 0.330 e. The van der Waals surface area contributed by atoms with Crippen LogP contribution in [0.3, 0.4) is 0 Å². The molecule has 0 N–H and O–H groups in total. The second-order valence-electron chi connectivity index (χ2n) is 5.88. The van der Waals surface area contributed by atoms with E-state index in [9.17, 15) is 13.2 Å². The molecule has 3 atom stereocenters. The fourth-order valence-corrected chi connectivity index (χ4v) is 4.54. The summed E-state index contributed by atoms with van der Waals surface area (Å²) in [6, 6.07) is 15.3. The minimum atomic E-state index is -3.65. The van der Waals surface area contributed by atoms with E-state index in [0.29, 0.717) is 0 Å². The van der Waals surface area contributed by atoms with Crippen molar-refractivity contribution in [1.29, 1.82) is 0 Å². The summed E-state index contributed by atoms with van der Waals surface area (Å²) >= 11 is 0. The molecule has 3 rings (SSSR count). The number of methoxy groups -OCH3 is 1. The van der Waals surface area contributed by atoms with E-state index in [1.54, 1.807) is 36.4 Å². The van der Waals surface area contributed by atoms with Crippen LogP contribution in [0.2, 0.25) is 0 Å². The Morgan fingerprint density at radius 2 is 1.72 bits per heavy atom. The van der Waals surface area contributed by atoms with Crippen LogP contribution in [0.5, 0.6) is 0 Å². The lowest BCUT2D eigenvalue weighted by molar-refractivity contribution is -0.134. The van der Waals surface area contributed by atoms with Gasteiger partial charge in [0.05, 0.1) is 24.1 Å². The first-order valence-corrected chi connectivity index (χ1v) is 9.30. The zero-order valence-corrected chi connectivity index (χ0v) is 14.8. The number of rotatable bonds is 5. The number of carbonyl (C=O) groups excluding carboxylic acids is 1. The minimum absolute atomic E-state index is 0.237. The van der Waals surface area contributed by atoms with E-state index >= 15 is 0 Å². The highest BCUT2D eigenvalue weighted by molar-refractivity contribution is 7.89. The largest absolute Gasteiger partial charge is 0.466 e. The van der Waals surface area contributed by atoms with E-state index in [1.807, 2.05) is 31.2 Å². The van der Waals surface area contributed by atoms with Crippen molar-refractivity contribution in [2.45, 2.75) is 23.9 Å². The number of carbonyl (C=O) groups is 1. The molecular weight excluding hydrogens is 338 g/mol. The molecule has 0 aromatic heterocycles. The van der Waals surface area contributed by atoms with Crippen molar-refractivity contribution >= 4 is 16.0 Å². The van der Waals surface area contributed by atoms with Gasteiger partial charge in [-0.1, -0.05) is 54.1 Å². The molecule has 1 heterocycles. The topological polar surface area (TPSA) is 63.5 Å². The summed E-state index contributed by atoms with van der Waals surface area (Å²) in [7, 11) is -2.36. The molecule has 1 aliphatic heterocycles. The van der Waals surface area contributed by atoms with Gasteiger partial charge in [-0.2, -0.15) is 4.31 Å². The molecule has 0 bridgehead atoms. The molecular formula is C19H19NO4S. The molecule has 6 heteroatoms. The number of sulfonamides is 1. The molecule has 2 aromatic rings. The van der Waals surface area contributed by atoms with E-state index in [1.165, 1.54) is 17.5 Å². The van der Waals surface area contributed by atoms with E-state index in [0.717, 1.165) is 11.1 Å². The number of nitrogens with zero attached hydrogens (tertiary/aromatic N) is 1. The fraction of sp³-hybridized carbons (Fsp3) is 0.211. The lowest BCUT2D eigenvalue weighted by Crippen LogP contribution is -2.14. The second-order valence-corrected chi connectivity index (χ2v) is 7.72. The average Bonchev–Trinajstić information content (AvgIpc) is 3.36. The van der Waals surface area contributed by atoms with Gasteiger partial charge < -0.3 is 4.74 Å². The van der Waals surface area contributed by atoms with Gasteiger partial charge in [0.1, 0.15) is 0 Å². The molecule has 1 saturated heterocycles. The van der Waals surface area contributed by atoms with Crippen molar-refractivity contribution in [2.75, 3.05) is 7.11 Å². The van der Waals surface area contributed by atoms with Crippen LogP contribution in [-0.2, 0) is 19.6 Å². The third-order valence-electron chi connectivity index (χ3n) is 4.17. The Bertz CT molecular complexity index is 889. The van der Waals surface area contributed by atoms with Crippen LogP contribution in [0.4, 0.5) is 0 Å². The van der Waals surface area contributed by atoms with Gasteiger partial charge in [0.2, 0.25) is 10.0 Å². The lowest BCUT2D eigenvalue weighted by atomic mass is 10.1. The predicted octanol–water partition coefficient (Wildman–Crippen LogP) is 2.84. The Hall–Kier alpha value is -2.44. The summed E-state index contributed by atoms with van der Waals surface area (Å²) in [5.74, 6) is -0.508. The summed E-state index contributed by atoms with van der Waals surface area (Å²) in [5.41, 5.74) is 1.99. The molecule has 25 heavy (non-hydrogen) atoms. The zero-order valence-electron chi connectivity index (χ0n) is 14.0. The van der Waals surface area contributed by atoms with Gasteiger partial charge >= 0.3 is 5.97 Å². The number of benzene rings is 2. The molecule has 0 radical (unpaired) electrons. The molecule has 5 nitrogen and oxygen atoms in total. The highest BCUT2D eigenvalue weighted by Crippen LogP contribution is 2.48. The third kappa shape index (κ3) is 3.50. The minimum Gasteiger partial charge on any atom is -0.466 e. The van der Waals surface area contributed by atoms with Crippen LogP contribution in [0.15, 0.2) is 71.6 Å². The van der Waals surface area contributed by atoms with Gasteiger partial charge in [0.15, 0.2) is 0 Å². The monoisotopic (exact) mass is 357 g/mol. The van der Waals surface area contributed by atoms with Crippen LogP contribution in [-0.4, -0.2) is 31.8 Å². The van der Waals surface area contributed by atoms with Crippen LogP contribution in [0.25, 0.3) is 0 Å². The van der Waals surface area contributed by atoms with Crippen molar-refractivity contribution < 1.29 is 17.9 Å². The number of hydrogen-bond donors (Lipinski definition) is 0. The Morgan fingerprint density at radius 1 is 1.08 bits per heavy atom. The van der Waals surface area contributed by atoms with Gasteiger partial charge in [-0.15, -0.1) is 0 Å². The zero-order chi connectivity index (χ0) is 18.0. The normalized spacial score (nSPS) is 22.7. The van der Waals surface area contributed by atoms with Crippen molar-refractivity contribution in [1.82, 2.24) is 4.31 Å². The summed E-state index contributed by atoms with van der Waals surface area (Å²) in [4.78, 5) is 11.6. The Kier molecular flexibility index (Phi) is 4.74. The lowest BCUT2D eigenvalue weighted by Gasteiger charge is -2.06. The molecule has 1 unspecified atom stereocenters.